The predicted molar refractivity (Wildman–Crippen MR) is 114 cm³/mol. The molecule has 3 aliphatic rings. The van der Waals surface area contributed by atoms with Crippen molar-refractivity contribution in [3.05, 3.63) is 24.3 Å². The van der Waals surface area contributed by atoms with E-state index >= 15 is 0 Å². The molecular formula is C19H25N3O5S2. The first kappa shape index (κ1) is 20.5. The maximum atomic E-state index is 12.6. The highest BCUT2D eigenvalue weighted by Crippen LogP contribution is 2.37. The summed E-state index contributed by atoms with van der Waals surface area (Å²) in [5.41, 5.74) is 0.812. The average molecular weight is 440 g/mol. The van der Waals surface area contributed by atoms with Gasteiger partial charge in [-0.25, -0.2) is 8.42 Å². The number of rotatable bonds is 6. The minimum atomic E-state index is -3.03. The first-order valence-corrected chi connectivity index (χ1v) is 12.4. The molecule has 158 valence electrons. The van der Waals surface area contributed by atoms with Crippen molar-refractivity contribution in [3.63, 3.8) is 0 Å². The van der Waals surface area contributed by atoms with Gasteiger partial charge in [-0.1, -0.05) is 11.8 Å². The number of hydrogen-bond acceptors (Lipinski definition) is 8. The van der Waals surface area contributed by atoms with Gasteiger partial charge in [0.15, 0.2) is 15.0 Å². The lowest BCUT2D eigenvalue weighted by Gasteiger charge is -2.24. The van der Waals surface area contributed by atoms with E-state index in [0.717, 1.165) is 30.9 Å². The maximum absolute atomic E-state index is 12.6. The van der Waals surface area contributed by atoms with Crippen LogP contribution in [0.4, 0.5) is 5.69 Å². The summed E-state index contributed by atoms with van der Waals surface area (Å²) in [5, 5.41) is 3.55. The highest BCUT2D eigenvalue weighted by molar-refractivity contribution is 8.15. The number of carbonyl (C=O) groups excluding carboxylic acids is 1. The Morgan fingerprint density at radius 3 is 2.79 bits per heavy atom. The Morgan fingerprint density at radius 2 is 2.14 bits per heavy atom. The van der Waals surface area contributed by atoms with Crippen molar-refractivity contribution in [1.29, 1.82) is 0 Å². The van der Waals surface area contributed by atoms with E-state index in [-0.39, 0.29) is 41.4 Å². The fraction of sp³-hybridized carbons (Fsp3) is 0.579. The molecule has 1 amide bonds. The van der Waals surface area contributed by atoms with Crippen LogP contribution >= 0.6 is 11.8 Å². The molecule has 8 nitrogen and oxygen atoms in total. The van der Waals surface area contributed by atoms with Crippen LogP contribution in [0.2, 0.25) is 0 Å². The number of amidine groups is 1. The van der Waals surface area contributed by atoms with Crippen molar-refractivity contribution >= 4 is 38.4 Å². The highest BCUT2D eigenvalue weighted by atomic mass is 32.2. The number of ether oxygens (including phenoxy) is 2. The Hall–Kier alpha value is -1.78. The molecule has 2 saturated heterocycles. The summed E-state index contributed by atoms with van der Waals surface area (Å²) in [7, 11) is -1.42. The summed E-state index contributed by atoms with van der Waals surface area (Å²) < 4.78 is 34.5. The summed E-state index contributed by atoms with van der Waals surface area (Å²) >= 11 is 1.44. The molecule has 2 fully saturated rings. The lowest BCUT2D eigenvalue weighted by Crippen LogP contribution is -2.42. The molecule has 0 bridgehead atoms. The predicted octanol–water partition coefficient (Wildman–Crippen LogP) is 1.07. The van der Waals surface area contributed by atoms with Gasteiger partial charge in [0, 0.05) is 24.1 Å². The van der Waals surface area contributed by atoms with Crippen LogP contribution in [0.15, 0.2) is 29.3 Å². The Bertz CT molecular complexity index is 882. The summed E-state index contributed by atoms with van der Waals surface area (Å²) in [6.07, 6.45) is 2.07. The van der Waals surface area contributed by atoms with Gasteiger partial charge < -0.3 is 19.7 Å². The summed E-state index contributed by atoms with van der Waals surface area (Å²) in [4.78, 5) is 19.1. The average Bonchev–Trinajstić information content (AvgIpc) is 3.39. The molecule has 3 aliphatic heterocycles. The van der Waals surface area contributed by atoms with Crippen molar-refractivity contribution in [2.24, 2.45) is 4.99 Å². The third kappa shape index (κ3) is 4.87. The van der Waals surface area contributed by atoms with Gasteiger partial charge in [-0.05, 0) is 37.1 Å². The number of hydrogen-bond donors (Lipinski definition) is 1. The molecule has 10 heteroatoms. The Morgan fingerprint density at radius 1 is 1.34 bits per heavy atom. The molecule has 1 N–H and O–H groups in total. The molecule has 29 heavy (non-hydrogen) atoms. The number of sulfone groups is 1. The van der Waals surface area contributed by atoms with Crippen LogP contribution in [-0.2, 0) is 19.4 Å². The minimum Gasteiger partial charge on any atom is -0.497 e. The van der Waals surface area contributed by atoms with Crippen LogP contribution < -0.4 is 15.0 Å². The van der Waals surface area contributed by atoms with Gasteiger partial charge >= 0.3 is 0 Å². The number of benzene rings is 1. The number of methoxy groups -OCH3 is 1. The van der Waals surface area contributed by atoms with E-state index < -0.39 is 9.84 Å². The number of nitrogens with zero attached hydrogens (tertiary/aromatic N) is 2. The molecule has 1 aromatic carbocycles. The van der Waals surface area contributed by atoms with E-state index in [2.05, 4.69) is 10.3 Å². The van der Waals surface area contributed by atoms with E-state index in [1.807, 2.05) is 29.2 Å². The molecule has 0 spiro atoms. The molecule has 0 aliphatic carbocycles. The number of fused-ring (bicyclic) bond motifs is 1. The van der Waals surface area contributed by atoms with E-state index in [4.69, 9.17) is 9.47 Å². The van der Waals surface area contributed by atoms with Crippen molar-refractivity contribution < 1.29 is 22.7 Å². The van der Waals surface area contributed by atoms with E-state index in [9.17, 15) is 13.2 Å². The molecular weight excluding hydrogens is 414 g/mol. The van der Waals surface area contributed by atoms with Gasteiger partial charge in [0.2, 0.25) is 5.91 Å². The van der Waals surface area contributed by atoms with E-state index in [0.29, 0.717) is 11.7 Å². The summed E-state index contributed by atoms with van der Waals surface area (Å²) in [6.45, 7) is 1.35. The number of thioether (sulfide) groups is 1. The Kier molecular flexibility index (Phi) is 6.03. The standard InChI is InChI=1S/C19H25N3O5S2/c1-26-14-6-4-13(5-7-14)22(10-18(23)20-9-15-3-2-8-27-15)19-21-16-11-29(24,25)12-17(16)28-19/h4-7,15-17H,2-3,8-12H2,1H3,(H,20,23). The molecule has 1 aromatic rings. The molecule has 3 unspecified atom stereocenters. The van der Waals surface area contributed by atoms with Gasteiger partial charge in [0.1, 0.15) is 12.3 Å². The number of amides is 1. The first-order chi connectivity index (χ1) is 13.9. The molecule has 0 saturated carbocycles. The quantitative estimate of drug-likeness (QED) is 0.708. The molecule has 0 radical (unpaired) electrons. The zero-order chi connectivity index (χ0) is 20.4. The first-order valence-electron chi connectivity index (χ1n) is 9.68. The fourth-order valence-corrected chi connectivity index (χ4v) is 7.52. The van der Waals surface area contributed by atoms with Gasteiger partial charge in [-0.3, -0.25) is 9.79 Å². The molecule has 3 heterocycles. The normalized spacial score (nSPS) is 27.3. The van der Waals surface area contributed by atoms with Crippen LogP contribution in [0.5, 0.6) is 5.75 Å². The fourth-order valence-electron chi connectivity index (χ4n) is 3.73. The summed E-state index contributed by atoms with van der Waals surface area (Å²) in [6, 6.07) is 7.17. The van der Waals surface area contributed by atoms with Crippen LogP contribution in [0.3, 0.4) is 0 Å². The lowest BCUT2D eigenvalue weighted by atomic mass is 10.2. The monoisotopic (exact) mass is 439 g/mol. The number of carbonyl (C=O) groups is 1. The second-order valence-electron chi connectivity index (χ2n) is 7.44. The molecule has 4 rings (SSSR count). The number of anilines is 1. The van der Waals surface area contributed by atoms with Crippen LogP contribution in [0, 0.1) is 0 Å². The van der Waals surface area contributed by atoms with Crippen molar-refractivity contribution in [2.45, 2.75) is 30.2 Å². The highest BCUT2D eigenvalue weighted by Gasteiger charge is 2.44. The lowest BCUT2D eigenvalue weighted by molar-refractivity contribution is -0.120. The van der Waals surface area contributed by atoms with Gasteiger partial charge in [0.05, 0.1) is 30.8 Å². The third-order valence-electron chi connectivity index (χ3n) is 5.27. The maximum Gasteiger partial charge on any atom is 0.240 e. The molecule has 3 atom stereocenters. The van der Waals surface area contributed by atoms with Gasteiger partial charge in [-0.15, -0.1) is 0 Å². The Labute approximate surface area is 175 Å². The van der Waals surface area contributed by atoms with Gasteiger partial charge in [-0.2, -0.15) is 0 Å². The Balaban J connectivity index is 1.49. The largest absolute Gasteiger partial charge is 0.497 e. The summed E-state index contributed by atoms with van der Waals surface area (Å²) in [5.74, 6) is 0.817. The van der Waals surface area contributed by atoms with Crippen molar-refractivity contribution in [2.75, 3.05) is 43.2 Å². The SMILES string of the molecule is COc1ccc(N(CC(=O)NCC2CCCO2)C2=NC3CS(=O)(=O)CC3S2)cc1. The second kappa shape index (κ2) is 8.53. The third-order valence-corrected chi connectivity index (χ3v) is 8.52. The van der Waals surface area contributed by atoms with Crippen LogP contribution in [0.1, 0.15) is 12.8 Å². The number of nitrogens with one attached hydrogen (secondary N) is 1. The van der Waals surface area contributed by atoms with E-state index in [1.54, 1.807) is 7.11 Å². The minimum absolute atomic E-state index is 0.0781. The van der Waals surface area contributed by atoms with Crippen LogP contribution in [0.25, 0.3) is 0 Å². The van der Waals surface area contributed by atoms with Crippen molar-refractivity contribution in [3.8, 4) is 5.75 Å². The smallest absolute Gasteiger partial charge is 0.240 e. The van der Waals surface area contributed by atoms with E-state index in [1.165, 1.54) is 11.8 Å². The van der Waals surface area contributed by atoms with Gasteiger partial charge in [0.25, 0.3) is 0 Å². The number of aliphatic imine (C=N–C) groups is 1. The second-order valence-corrected chi connectivity index (χ2v) is 10.8. The zero-order valence-electron chi connectivity index (χ0n) is 16.2. The molecule has 0 aromatic heterocycles. The van der Waals surface area contributed by atoms with Crippen molar-refractivity contribution in [1.82, 2.24) is 5.32 Å². The van der Waals surface area contributed by atoms with Crippen LogP contribution in [-0.4, -0.2) is 75.2 Å². The zero-order valence-corrected chi connectivity index (χ0v) is 17.9. The topological polar surface area (TPSA) is 97.3 Å².